The second-order valence-corrected chi connectivity index (χ2v) is 5.46. The van der Waals surface area contributed by atoms with Crippen molar-refractivity contribution in [3.63, 3.8) is 0 Å². The molecule has 1 rings (SSSR count). The molecule has 0 radical (unpaired) electrons. The Morgan fingerprint density at radius 3 is 1.82 bits per heavy atom. The molecule has 0 saturated heterocycles. The molecule has 0 aliphatic heterocycles. The van der Waals surface area contributed by atoms with E-state index in [-0.39, 0.29) is 6.61 Å². The van der Waals surface area contributed by atoms with E-state index in [0.717, 1.165) is 38.8 Å². The fourth-order valence-corrected chi connectivity index (χ4v) is 1.93. The number of hydrogen-bond donors (Lipinski definition) is 2. The van der Waals surface area contributed by atoms with Gasteiger partial charge < -0.3 is 20.2 Å². The summed E-state index contributed by atoms with van der Waals surface area (Å²) in [4.78, 5) is 17.6. The first-order valence-electron chi connectivity index (χ1n) is 8.15. The zero-order valence-corrected chi connectivity index (χ0v) is 14.3. The van der Waals surface area contributed by atoms with Gasteiger partial charge in [0, 0.05) is 33.7 Å². The van der Waals surface area contributed by atoms with Crippen LogP contribution < -0.4 is 15.1 Å². The number of unbranched alkanes of at least 4 members (excludes halogenated alkanes) is 2. The lowest BCUT2D eigenvalue weighted by molar-refractivity contribution is 0.311. The number of nitrogens with zero attached hydrogens (tertiary/aromatic N) is 5. The third kappa shape index (κ3) is 6.01. The maximum atomic E-state index is 8.96. The van der Waals surface area contributed by atoms with E-state index in [0.29, 0.717) is 24.4 Å². The Morgan fingerprint density at radius 1 is 0.909 bits per heavy atom. The van der Waals surface area contributed by atoms with Crippen LogP contribution in [0, 0.1) is 0 Å². The predicted molar refractivity (Wildman–Crippen MR) is 91.8 cm³/mol. The van der Waals surface area contributed by atoms with Gasteiger partial charge in [-0.25, -0.2) is 0 Å². The molecule has 0 fully saturated rings. The molecule has 0 atom stereocenters. The van der Waals surface area contributed by atoms with E-state index in [2.05, 4.69) is 34.1 Å². The molecule has 2 N–H and O–H groups in total. The van der Waals surface area contributed by atoms with Gasteiger partial charge in [-0.1, -0.05) is 26.7 Å². The maximum Gasteiger partial charge on any atom is 0.231 e. The zero-order valence-electron chi connectivity index (χ0n) is 14.3. The molecule has 0 unspecified atom stereocenters. The van der Waals surface area contributed by atoms with E-state index in [1.165, 1.54) is 0 Å². The van der Waals surface area contributed by atoms with Crippen molar-refractivity contribution in [2.24, 2.45) is 0 Å². The molecule has 0 bridgehead atoms. The Bertz CT molecular complexity index is 396. The SMILES string of the molecule is CCCCN(C)c1nc(NCCO)nc(N(C)CCCC)n1. The average Bonchev–Trinajstić information content (AvgIpc) is 2.55. The van der Waals surface area contributed by atoms with E-state index in [4.69, 9.17) is 5.11 Å². The molecule has 1 aromatic rings. The average molecular weight is 310 g/mol. The highest BCUT2D eigenvalue weighted by Gasteiger charge is 2.12. The van der Waals surface area contributed by atoms with Crippen LogP contribution in [0.15, 0.2) is 0 Å². The van der Waals surface area contributed by atoms with Crippen molar-refractivity contribution >= 4 is 17.8 Å². The molecule has 0 aliphatic rings. The van der Waals surface area contributed by atoms with Crippen molar-refractivity contribution in [3.05, 3.63) is 0 Å². The fraction of sp³-hybridized carbons (Fsp3) is 0.800. The van der Waals surface area contributed by atoms with Crippen molar-refractivity contribution < 1.29 is 5.11 Å². The molecule has 0 spiro atoms. The largest absolute Gasteiger partial charge is 0.395 e. The molecule has 126 valence electrons. The first-order chi connectivity index (χ1) is 10.6. The number of aromatic nitrogens is 3. The van der Waals surface area contributed by atoms with Crippen molar-refractivity contribution in [1.29, 1.82) is 0 Å². The third-order valence-electron chi connectivity index (χ3n) is 3.38. The van der Waals surface area contributed by atoms with Crippen molar-refractivity contribution in [2.75, 3.05) is 55.5 Å². The summed E-state index contributed by atoms with van der Waals surface area (Å²) in [5.41, 5.74) is 0. The van der Waals surface area contributed by atoms with E-state index >= 15 is 0 Å². The Balaban J connectivity index is 2.93. The lowest BCUT2D eigenvalue weighted by atomic mass is 10.3. The second-order valence-electron chi connectivity index (χ2n) is 5.46. The number of aliphatic hydroxyl groups excluding tert-OH is 1. The Morgan fingerprint density at radius 2 is 1.41 bits per heavy atom. The summed E-state index contributed by atoms with van der Waals surface area (Å²) in [6.07, 6.45) is 4.47. The maximum absolute atomic E-state index is 8.96. The lowest BCUT2D eigenvalue weighted by Crippen LogP contribution is -2.26. The standard InChI is InChI=1S/C15H30N6O/c1-5-7-10-20(3)14-17-13(16-9-12-22)18-15(19-14)21(4)11-8-6-2/h22H,5-12H2,1-4H3,(H,16,17,18,19). The first kappa shape index (κ1) is 18.4. The van der Waals surface area contributed by atoms with E-state index < -0.39 is 0 Å². The van der Waals surface area contributed by atoms with Crippen LogP contribution in [0.5, 0.6) is 0 Å². The third-order valence-corrected chi connectivity index (χ3v) is 3.38. The van der Waals surface area contributed by atoms with Crippen LogP contribution in [0.3, 0.4) is 0 Å². The summed E-state index contributed by atoms with van der Waals surface area (Å²) in [5, 5.41) is 12.0. The molecule has 0 aliphatic carbocycles. The van der Waals surface area contributed by atoms with Crippen LogP contribution in [0.25, 0.3) is 0 Å². The Hall–Kier alpha value is -1.63. The highest BCUT2D eigenvalue weighted by Crippen LogP contribution is 2.16. The van der Waals surface area contributed by atoms with Crippen LogP contribution in [0.4, 0.5) is 17.8 Å². The van der Waals surface area contributed by atoms with Gasteiger partial charge >= 0.3 is 0 Å². The van der Waals surface area contributed by atoms with Crippen LogP contribution in [0.1, 0.15) is 39.5 Å². The summed E-state index contributed by atoms with van der Waals surface area (Å²) in [6, 6.07) is 0. The van der Waals surface area contributed by atoms with Gasteiger partial charge in [0.05, 0.1) is 6.61 Å². The molecule has 7 nitrogen and oxygen atoms in total. The molecular formula is C15H30N6O. The minimum absolute atomic E-state index is 0.0493. The van der Waals surface area contributed by atoms with E-state index in [1.807, 2.05) is 23.9 Å². The van der Waals surface area contributed by atoms with Crippen LogP contribution >= 0.6 is 0 Å². The first-order valence-corrected chi connectivity index (χ1v) is 8.15. The predicted octanol–water partition coefficient (Wildman–Crippen LogP) is 1.75. The number of aliphatic hydroxyl groups is 1. The highest BCUT2D eigenvalue weighted by atomic mass is 16.3. The van der Waals surface area contributed by atoms with E-state index in [1.54, 1.807) is 0 Å². The Kier molecular flexibility index (Phi) is 8.50. The zero-order chi connectivity index (χ0) is 16.4. The summed E-state index contributed by atoms with van der Waals surface area (Å²) in [5.74, 6) is 1.85. The summed E-state index contributed by atoms with van der Waals surface area (Å²) >= 11 is 0. The fourth-order valence-electron chi connectivity index (χ4n) is 1.93. The molecule has 0 amide bonds. The molecule has 1 aromatic heterocycles. The summed E-state index contributed by atoms with van der Waals surface area (Å²) in [6.45, 7) is 6.64. The van der Waals surface area contributed by atoms with Gasteiger partial charge in [0.15, 0.2) is 0 Å². The minimum atomic E-state index is 0.0493. The quantitative estimate of drug-likeness (QED) is 0.644. The van der Waals surface area contributed by atoms with E-state index in [9.17, 15) is 0 Å². The van der Waals surface area contributed by atoms with Crippen LogP contribution in [-0.4, -0.2) is 60.4 Å². The number of hydrogen-bond acceptors (Lipinski definition) is 7. The molecule has 7 heteroatoms. The number of nitrogens with one attached hydrogen (secondary N) is 1. The molecule has 0 saturated carbocycles. The highest BCUT2D eigenvalue weighted by molar-refractivity contribution is 5.44. The molecule has 22 heavy (non-hydrogen) atoms. The van der Waals surface area contributed by atoms with Crippen LogP contribution in [-0.2, 0) is 0 Å². The van der Waals surface area contributed by atoms with Gasteiger partial charge in [0.2, 0.25) is 17.8 Å². The van der Waals surface area contributed by atoms with Crippen molar-refractivity contribution in [3.8, 4) is 0 Å². The lowest BCUT2D eigenvalue weighted by Gasteiger charge is -2.21. The minimum Gasteiger partial charge on any atom is -0.395 e. The van der Waals surface area contributed by atoms with Gasteiger partial charge in [-0.15, -0.1) is 0 Å². The van der Waals surface area contributed by atoms with Gasteiger partial charge in [0.25, 0.3) is 0 Å². The van der Waals surface area contributed by atoms with Gasteiger partial charge in [-0.2, -0.15) is 15.0 Å². The van der Waals surface area contributed by atoms with Gasteiger partial charge in [-0.3, -0.25) is 0 Å². The van der Waals surface area contributed by atoms with Gasteiger partial charge in [-0.05, 0) is 12.8 Å². The van der Waals surface area contributed by atoms with Crippen molar-refractivity contribution in [1.82, 2.24) is 15.0 Å². The topological polar surface area (TPSA) is 77.4 Å². The van der Waals surface area contributed by atoms with Gasteiger partial charge in [0.1, 0.15) is 0 Å². The second kappa shape index (κ2) is 10.2. The molecule has 0 aromatic carbocycles. The Labute approximate surface area is 133 Å². The monoisotopic (exact) mass is 310 g/mol. The summed E-state index contributed by atoms with van der Waals surface area (Å²) < 4.78 is 0. The normalized spacial score (nSPS) is 10.6. The number of rotatable bonds is 11. The number of anilines is 3. The summed E-state index contributed by atoms with van der Waals surface area (Å²) in [7, 11) is 3.99. The molecular weight excluding hydrogens is 280 g/mol. The molecule has 1 heterocycles. The smallest absolute Gasteiger partial charge is 0.231 e. The van der Waals surface area contributed by atoms with Crippen molar-refractivity contribution in [2.45, 2.75) is 39.5 Å². The van der Waals surface area contributed by atoms with Crippen LogP contribution in [0.2, 0.25) is 0 Å².